The molecule has 1 aromatic rings. The fraction of sp³-hybridized carbons (Fsp3) is 0.429. The van der Waals surface area contributed by atoms with Crippen molar-refractivity contribution in [2.45, 2.75) is 13.8 Å². The first kappa shape index (κ1) is 15.8. The van der Waals surface area contributed by atoms with Crippen LogP contribution in [-0.4, -0.2) is 43.5 Å². The molecule has 0 saturated carbocycles. The van der Waals surface area contributed by atoms with Gasteiger partial charge in [0, 0.05) is 13.1 Å². The van der Waals surface area contributed by atoms with E-state index in [1.165, 1.54) is 13.2 Å². The van der Waals surface area contributed by atoms with Gasteiger partial charge in [0.15, 0.2) is 6.61 Å². The summed E-state index contributed by atoms with van der Waals surface area (Å²) in [7, 11) is 1.49. The van der Waals surface area contributed by atoms with E-state index >= 15 is 0 Å². The minimum absolute atomic E-state index is 0.131. The van der Waals surface area contributed by atoms with E-state index in [-0.39, 0.29) is 23.8 Å². The molecule has 0 aliphatic carbocycles. The van der Waals surface area contributed by atoms with Gasteiger partial charge in [0.1, 0.15) is 11.5 Å². The Morgan fingerprint density at radius 2 is 1.90 bits per heavy atom. The van der Waals surface area contributed by atoms with Gasteiger partial charge in [0.25, 0.3) is 11.8 Å². The van der Waals surface area contributed by atoms with Gasteiger partial charge >= 0.3 is 0 Å². The molecule has 0 unspecified atom stereocenters. The third kappa shape index (κ3) is 3.88. The Kier molecular flexibility index (Phi) is 5.83. The number of carbonyl (C=O) groups is 2. The van der Waals surface area contributed by atoms with Crippen molar-refractivity contribution >= 4 is 11.8 Å². The molecule has 0 aromatic heterocycles. The normalized spacial score (nSPS) is 9.95. The van der Waals surface area contributed by atoms with E-state index < -0.39 is 5.91 Å². The summed E-state index contributed by atoms with van der Waals surface area (Å²) in [6.07, 6.45) is 0. The molecular weight excluding hydrogens is 260 g/mol. The molecule has 0 heterocycles. The van der Waals surface area contributed by atoms with Crippen LogP contribution in [-0.2, 0) is 4.79 Å². The quantitative estimate of drug-likeness (QED) is 0.809. The number of benzene rings is 1. The van der Waals surface area contributed by atoms with E-state index in [0.29, 0.717) is 18.8 Å². The summed E-state index contributed by atoms with van der Waals surface area (Å²) in [4.78, 5) is 24.9. The van der Waals surface area contributed by atoms with Crippen LogP contribution in [0, 0.1) is 0 Å². The van der Waals surface area contributed by atoms with Crippen LogP contribution in [0.15, 0.2) is 18.2 Å². The molecule has 0 spiro atoms. The molecule has 1 aromatic carbocycles. The number of nitrogens with two attached hydrogens (primary N) is 1. The van der Waals surface area contributed by atoms with Crippen LogP contribution in [0.1, 0.15) is 24.2 Å². The number of primary amides is 1. The van der Waals surface area contributed by atoms with Gasteiger partial charge in [-0.3, -0.25) is 9.59 Å². The van der Waals surface area contributed by atoms with Gasteiger partial charge in [0.05, 0.1) is 12.7 Å². The number of hydrogen-bond donors (Lipinski definition) is 1. The van der Waals surface area contributed by atoms with Gasteiger partial charge in [0.2, 0.25) is 0 Å². The Labute approximate surface area is 118 Å². The molecule has 0 saturated heterocycles. The van der Waals surface area contributed by atoms with Crippen LogP contribution >= 0.6 is 0 Å². The topological polar surface area (TPSA) is 81.9 Å². The SMILES string of the molecule is CCN(CC)C(=O)COc1ccc(OC)cc1C(N)=O. The molecule has 0 atom stereocenters. The molecule has 2 N–H and O–H groups in total. The molecule has 0 bridgehead atoms. The van der Waals surface area contributed by atoms with E-state index in [2.05, 4.69) is 0 Å². The van der Waals surface area contributed by atoms with Gasteiger partial charge in [-0.05, 0) is 32.0 Å². The highest BCUT2D eigenvalue weighted by molar-refractivity contribution is 5.96. The summed E-state index contributed by atoms with van der Waals surface area (Å²) in [5.41, 5.74) is 5.48. The lowest BCUT2D eigenvalue weighted by Crippen LogP contribution is -2.34. The standard InChI is InChI=1S/C14H20N2O4/c1-4-16(5-2)13(17)9-20-12-7-6-10(19-3)8-11(12)14(15)18/h6-8H,4-5,9H2,1-3H3,(H2,15,18). The lowest BCUT2D eigenvalue weighted by Gasteiger charge is -2.19. The molecule has 0 radical (unpaired) electrons. The molecule has 6 heteroatoms. The van der Waals surface area contributed by atoms with Crippen LogP contribution in [0.4, 0.5) is 0 Å². The average Bonchev–Trinajstić information content (AvgIpc) is 2.46. The number of likely N-dealkylation sites (N-methyl/N-ethyl adjacent to an activating group) is 1. The van der Waals surface area contributed by atoms with Crippen LogP contribution in [0.25, 0.3) is 0 Å². The van der Waals surface area contributed by atoms with Gasteiger partial charge in [-0.1, -0.05) is 0 Å². The second-order valence-corrected chi connectivity index (χ2v) is 4.08. The Balaban J connectivity index is 2.82. The molecule has 6 nitrogen and oxygen atoms in total. The highest BCUT2D eigenvalue weighted by atomic mass is 16.5. The largest absolute Gasteiger partial charge is 0.497 e. The molecule has 110 valence electrons. The predicted octanol–water partition coefficient (Wildman–Crippen LogP) is 1.04. The summed E-state index contributed by atoms with van der Waals surface area (Å²) in [5, 5.41) is 0. The zero-order valence-electron chi connectivity index (χ0n) is 12.0. The number of carbonyl (C=O) groups excluding carboxylic acids is 2. The van der Waals surface area contributed by atoms with E-state index in [4.69, 9.17) is 15.2 Å². The highest BCUT2D eigenvalue weighted by Gasteiger charge is 2.14. The molecular formula is C14H20N2O4. The van der Waals surface area contributed by atoms with Crippen LogP contribution in [0.2, 0.25) is 0 Å². The van der Waals surface area contributed by atoms with Crippen LogP contribution < -0.4 is 15.2 Å². The molecule has 0 fully saturated rings. The second-order valence-electron chi connectivity index (χ2n) is 4.08. The van der Waals surface area contributed by atoms with Crippen molar-refractivity contribution in [1.82, 2.24) is 4.90 Å². The Morgan fingerprint density at radius 3 is 2.40 bits per heavy atom. The zero-order chi connectivity index (χ0) is 15.1. The fourth-order valence-corrected chi connectivity index (χ4v) is 1.76. The van der Waals surface area contributed by atoms with E-state index in [1.54, 1.807) is 17.0 Å². The van der Waals surface area contributed by atoms with E-state index in [9.17, 15) is 9.59 Å². The molecule has 1 rings (SSSR count). The molecule has 2 amide bonds. The third-order valence-corrected chi connectivity index (χ3v) is 2.92. The maximum absolute atomic E-state index is 11.8. The average molecular weight is 280 g/mol. The lowest BCUT2D eigenvalue weighted by atomic mass is 10.2. The van der Waals surface area contributed by atoms with Gasteiger partial charge in [-0.25, -0.2) is 0 Å². The minimum Gasteiger partial charge on any atom is -0.497 e. The summed E-state index contributed by atoms with van der Waals surface area (Å²) < 4.78 is 10.4. The number of nitrogens with zero attached hydrogens (tertiary/aromatic N) is 1. The van der Waals surface area contributed by atoms with Gasteiger partial charge in [-0.2, -0.15) is 0 Å². The summed E-state index contributed by atoms with van der Waals surface area (Å²) >= 11 is 0. The van der Waals surface area contributed by atoms with Gasteiger partial charge in [-0.15, -0.1) is 0 Å². The number of methoxy groups -OCH3 is 1. The first-order valence-electron chi connectivity index (χ1n) is 6.41. The van der Waals surface area contributed by atoms with Crippen molar-refractivity contribution in [3.63, 3.8) is 0 Å². The van der Waals surface area contributed by atoms with Crippen molar-refractivity contribution in [3.8, 4) is 11.5 Å². The van der Waals surface area contributed by atoms with E-state index in [0.717, 1.165) is 0 Å². The minimum atomic E-state index is -0.630. The number of ether oxygens (including phenoxy) is 2. The van der Waals surface area contributed by atoms with Crippen molar-refractivity contribution in [3.05, 3.63) is 23.8 Å². The number of rotatable bonds is 7. The second kappa shape index (κ2) is 7.37. The Morgan fingerprint density at radius 1 is 1.25 bits per heavy atom. The molecule has 0 aliphatic heterocycles. The van der Waals surface area contributed by atoms with Gasteiger partial charge < -0.3 is 20.1 Å². The zero-order valence-corrected chi connectivity index (χ0v) is 12.0. The highest BCUT2D eigenvalue weighted by Crippen LogP contribution is 2.23. The first-order valence-corrected chi connectivity index (χ1v) is 6.41. The van der Waals surface area contributed by atoms with E-state index in [1.807, 2.05) is 13.8 Å². The molecule has 20 heavy (non-hydrogen) atoms. The number of amides is 2. The van der Waals surface area contributed by atoms with Crippen molar-refractivity contribution in [2.75, 3.05) is 26.8 Å². The summed E-state index contributed by atoms with van der Waals surface area (Å²) in [6, 6.07) is 4.69. The predicted molar refractivity (Wildman–Crippen MR) is 74.9 cm³/mol. The third-order valence-electron chi connectivity index (χ3n) is 2.92. The maximum Gasteiger partial charge on any atom is 0.260 e. The summed E-state index contributed by atoms with van der Waals surface area (Å²) in [6.45, 7) is 4.88. The van der Waals surface area contributed by atoms with Crippen LogP contribution in [0.5, 0.6) is 11.5 Å². The maximum atomic E-state index is 11.8. The lowest BCUT2D eigenvalue weighted by molar-refractivity contribution is -0.132. The number of hydrogen-bond acceptors (Lipinski definition) is 4. The van der Waals surface area contributed by atoms with Crippen molar-refractivity contribution in [1.29, 1.82) is 0 Å². The Bertz CT molecular complexity index is 484. The van der Waals surface area contributed by atoms with Crippen molar-refractivity contribution in [2.24, 2.45) is 5.73 Å². The first-order chi connectivity index (χ1) is 9.53. The fourth-order valence-electron chi connectivity index (χ4n) is 1.76. The smallest absolute Gasteiger partial charge is 0.260 e. The Hall–Kier alpha value is -2.24. The molecule has 0 aliphatic rings. The monoisotopic (exact) mass is 280 g/mol. The summed E-state index contributed by atoms with van der Waals surface area (Å²) in [5.74, 6) is 0.00968. The van der Waals surface area contributed by atoms with Crippen molar-refractivity contribution < 1.29 is 19.1 Å². The van der Waals surface area contributed by atoms with Crippen LogP contribution in [0.3, 0.4) is 0 Å².